The lowest BCUT2D eigenvalue weighted by atomic mass is 10.6. The Balaban J connectivity index is 0.000000640. The van der Waals surface area contributed by atoms with Gasteiger partial charge in [-0.25, -0.2) is 0 Å². The molecule has 0 unspecified atom stereocenters. The number of quaternary nitrogens is 1. The maximum atomic E-state index is 3.81. The Labute approximate surface area is 60.2 Å². The van der Waals surface area contributed by atoms with Crippen molar-refractivity contribution in [3.63, 3.8) is 0 Å². The molecule has 0 fully saturated rings. The lowest BCUT2D eigenvalue weighted by Crippen LogP contribution is -3.00. The molecule has 0 aromatic carbocycles. The summed E-state index contributed by atoms with van der Waals surface area (Å²) in [5, 5.41) is 11.0. The highest BCUT2D eigenvalue weighted by Crippen LogP contribution is 2.08. The molecule has 0 spiro atoms. The van der Waals surface area contributed by atoms with Gasteiger partial charge < -0.3 is 12.4 Å². The second kappa shape index (κ2) is 2.41. The van der Waals surface area contributed by atoms with Gasteiger partial charge in [0.2, 0.25) is 5.84 Å². The van der Waals surface area contributed by atoms with Gasteiger partial charge in [-0.3, -0.25) is 0 Å². The Kier molecular flexibility index (Phi) is 2.28. The van der Waals surface area contributed by atoms with Gasteiger partial charge in [0.25, 0.3) is 0 Å². The predicted molar refractivity (Wildman–Crippen MR) is 30.1 cm³/mol. The van der Waals surface area contributed by atoms with Crippen molar-refractivity contribution in [1.82, 2.24) is 0 Å². The van der Waals surface area contributed by atoms with Crippen LogP contribution < -0.4 is 12.4 Å². The average molecular weight is 149 g/mol. The van der Waals surface area contributed by atoms with Gasteiger partial charge in [-0.05, 0) is 0 Å². The first kappa shape index (κ1) is 8.52. The molecule has 4 nitrogen and oxygen atoms in total. The molecule has 1 heterocycles. The SMILES string of the molecule is CC1=NN=N[N+]1(C)C.[Cl-]. The highest BCUT2D eigenvalue weighted by Gasteiger charge is 2.24. The van der Waals surface area contributed by atoms with Crippen LogP contribution in [0, 0.1) is 0 Å². The molecule has 5 heteroatoms. The van der Waals surface area contributed by atoms with Crippen LogP contribution in [0.25, 0.3) is 0 Å². The maximum Gasteiger partial charge on any atom is 0.248 e. The van der Waals surface area contributed by atoms with Crippen molar-refractivity contribution in [3.05, 3.63) is 0 Å². The normalized spacial score (nSPS) is 21.0. The van der Waals surface area contributed by atoms with E-state index in [1.54, 1.807) is 0 Å². The van der Waals surface area contributed by atoms with Crippen LogP contribution in [0.2, 0.25) is 0 Å². The molecule has 52 valence electrons. The molecule has 1 rings (SSSR count). The minimum atomic E-state index is 0. The topological polar surface area (TPSA) is 37.1 Å². The molecular formula is C4H9ClN4. The summed E-state index contributed by atoms with van der Waals surface area (Å²) < 4.78 is 0.444. The fourth-order valence-corrected chi connectivity index (χ4v) is 0.359. The van der Waals surface area contributed by atoms with Crippen LogP contribution in [0.4, 0.5) is 0 Å². The molecule has 0 aromatic rings. The monoisotopic (exact) mass is 148 g/mol. The van der Waals surface area contributed by atoms with Crippen molar-refractivity contribution < 1.29 is 17.0 Å². The standard InChI is InChI=1S/C4H9N4.ClH/c1-4-5-6-7-8(4,2)3;/h1-3H3;1H/q+1;/p-1. The Morgan fingerprint density at radius 3 is 2.00 bits per heavy atom. The molecule has 0 atom stereocenters. The number of rotatable bonds is 0. The number of halogens is 1. The maximum absolute atomic E-state index is 3.81. The predicted octanol–water partition coefficient (Wildman–Crippen LogP) is -2.22. The smallest absolute Gasteiger partial charge is 0.248 e. The molecule has 1 aliphatic heterocycles. The number of nitrogens with zero attached hydrogens (tertiary/aromatic N) is 4. The molecule has 9 heavy (non-hydrogen) atoms. The van der Waals surface area contributed by atoms with Crippen molar-refractivity contribution in [1.29, 1.82) is 0 Å². The van der Waals surface area contributed by atoms with E-state index >= 15 is 0 Å². The zero-order valence-electron chi connectivity index (χ0n) is 5.67. The summed E-state index contributed by atoms with van der Waals surface area (Å²) in [5.41, 5.74) is 0. The number of hydrogen-bond acceptors (Lipinski definition) is 3. The van der Waals surface area contributed by atoms with E-state index in [-0.39, 0.29) is 12.4 Å². The Morgan fingerprint density at radius 1 is 1.33 bits per heavy atom. The van der Waals surface area contributed by atoms with E-state index in [0.29, 0.717) is 4.59 Å². The lowest BCUT2D eigenvalue weighted by molar-refractivity contribution is -0.808. The van der Waals surface area contributed by atoms with Gasteiger partial charge in [-0.1, -0.05) is 5.10 Å². The molecule has 1 aliphatic rings. The van der Waals surface area contributed by atoms with Crippen molar-refractivity contribution >= 4 is 5.84 Å². The van der Waals surface area contributed by atoms with Gasteiger partial charge in [0.15, 0.2) is 0 Å². The van der Waals surface area contributed by atoms with Crippen LogP contribution in [0.15, 0.2) is 15.5 Å². The molecule has 0 N–H and O–H groups in total. The Morgan fingerprint density at radius 2 is 1.89 bits per heavy atom. The highest BCUT2D eigenvalue weighted by atomic mass is 35.5. The van der Waals surface area contributed by atoms with Gasteiger partial charge >= 0.3 is 0 Å². The molecule has 0 saturated heterocycles. The zero-order chi connectivity index (χ0) is 6.20. The summed E-state index contributed by atoms with van der Waals surface area (Å²) in [5.74, 6) is 0.921. The van der Waals surface area contributed by atoms with Crippen LogP contribution in [0.3, 0.4) is 0 Å². The average Bonchev–Trinajstić information content (AvgIpc) is 1.86. The second-order valence-corrected chi connectivity index (χ2v) is 2.22. The lowest BCUT2D eigenvalue weighted by Gasteiger charge is -2.11. The summed E-state index contributed by atoms with van der Waals surface area (Å²) in [6.45, 7) is 1.90. The quantitative estimate of drug-likeness (QED) is 0.349. The summed E-state index contributed by atoms with van der Waals surface area (Å²) >= 11 is 0. The molecule has 0 aliphatic carbocycles. The summed E-state index contributed by atoms with van der Waals surface area (Å²) in [6, 6.07) is 0. The van der Waals surface area contributed by atoms with Crippen LogP contribution >= 0.6 is 0 Å². The third-order valence-electron chi connectivity index (χ3n) is 1.24. The van der Waals surface area contributed by atoms with Gasteiger partial charge in [0, 0.05) is 12.1 Å². The fourth-order valence-electron chi connectivity index (χ4n) is 0.359. The van der Waals surface area contributed by atoms with E-state index in [2.05, 4.69) is 15.5 Å². The van der Waals surface area contributed by atoms with Crippen molar-refractivity contribution in [2.45, 2.75) is 6.92 Å². The fraction of sp³-hybridized carbons (Fsp3) is 0.750. The number of hydrogen-bond donors (Lipinski definition) is 0. The van der Waals surface area contributed by atoms with E-state index in [0.717, 1.165) is 5.84 Å². The Hall–Kier alpha value is -0.480. The van der Waals surface area contributed by atoms with E-state index in [4.69, 9.17) is 0 Å². The summed E-state index contributed by atoms with van der Waals surface area (Å²) in [7, 11) is 3.85. The van der Waals surface area contributed by atoms with Gasteiger partial charge in [0.1, 0.15) is 14.1 Å². The van der Waals surface area contributed by atoms with E-state index in [1.807, 2.05) is 21.0 Å². The van der Waals surface area contributed by atoms with Crippen molar-refractivity contribution in [3.8, 4) is 0 Å². The first-order valence-corrected chi connectivity index (χ1v) is 2.44. The first-order chi connectivity index (χ1) is 3.63. The summed E-state index contributed by atoms with van der Waals surface area (Å²) in [4.78, 5) is 0. The van der Waals surface area contributed by atoms with Crippen molar-refractivity contribution in [2.75, 3.05) is 14.1 Å². The molecule has 0 bridgehead atoms. The first-order valence-electron chi connectivity index (χ1n) is 2.44. The second-order valence-electron chi connectivity index (χ2n) is 2.22. The van der Waals surface area contributed by atoms with Gasteiger partial charge in [0.05, 0.1) is 5.22 Å². The number of amidine groups is 1. The molecule has 0 aromatic heterocycles. The molecule has 0 amide bonds. The van der Waals surface area contributed by atoms with Gasteiger partial charge in [-0.15, -0.1) is 4.59 Å². The third kappa shape index (κ3) is 1.46. The highest BCUT2D eigenvalue weighted by molar-refractivity contribution is 5.72. The van der Waals surface area contributed by atoms with E-state index in [9.17, 15) is 0 Å². The largest absolute Gasteiger partial charge is 1.00 e. The van der Waals surface area contributed by atoms with Crippen LogP contribution in [0.1, 0.15) is 6.92 Å². The summed E-state index contributed by atoms with van der Waals surface area (Å²) in [6.07, 6.45) is 0. The van der Waals surface area contributed by atoms with E-state index < -0.39 is 0 Å². The van der Waals surface area contributed by atoms with Crippen LogP contribution in [-0.4, -0.2) is 24.5 Å². The molecule has 0 radical (unpaired) electrons. The van der Waals surface area contributed by atoms with Gasteiger partial charge in [-0.2, -0.15) is 0 Å². The van der Waals surface area contributed by atoms with E-state index in [1.165, 1.54) is 0 Å². The van der Waals surface area contributed by atoms with Crippen molar-refractivity contribution in [2.24, 2.45) is 15.5 Å². The van der Waals surface area contributed by atoms with Crippen LogP contribution in [0.5, 0.6) is 0 Å². The molecule has 0 saturated carbocycles. The minimum Gasteiger partial charge on any atom is -1.00 e. The van der Waals surface area contributed by atoms with Crippen LogP contribution in [-0.2, 0) is 0 Å². The third-order valence-corrected chi connectivity index (χ3v) is 1.24. The zero-order valence-corrected chi connectivity index (χ0v) is 6.42. The Bertz CT molecular complexity index is 160. The minimum absolute atomic E-state index is 0. The molecular weight excluding hydrogens is 140 g/mol.